The van der Waals surface area contributed by atoms with E-state index in [1.807, 2.05) is 0 Å². The molecule has 2 heteroatoms. The highest BCUT2D eigenvalue weighted by molar-refractivity contribution is 7.84. The Hall–Kier alpha value is -2.19. The van der Waals surface area contributed by atoms with Crippen molar-refractivity contribution in [1.82, 2.24) is 0 Å². The lowest BCUT2D eigenvalue weighted by molar-refractivity contribution is 0.913. The summed E-state index contributed by atoms with van der Waals surface area (Å²) < 4.78 is 0. The van der Waals surface area contributed by atoms with E-state index in [2.05, 4.69) is 91.2 Å². The van der Waals surface area contributed by atoms with Crippen LogP contribution in [0, 0.1) is 0 Å². The smallest absolute Gasteiger partial charge is 0.0537 e. The Kier molecular flexibility index (Phi) is 3.62. The van der Waals surface area contributed by atoms with Crippen LogP contribution in [0.15, 0.2) is 77.4 Å². The van der Waals surface area contributed by atoms with Gasteiger partial charge in [-0.2, -0.15) is 0 Å². The van der Waals surface area contributed by atoms with Gasteiger partial charge in [-0.25, -0.2) is 0 Å². The summed E-state index contributed by atoms with van der Waals surface area (Å²) in [5, 5.41) is 0. The molecule has 1 nitrogen and oxygen atoms in total. The molecule has 2 aromatic carbocycles. The third-order valence-corrected chi connectivity index (χ3v) is 4.69. The van der Waals surface area contributed by atoms with E-state index in [9.17, 15) is 0 Å². The van der Waals surface area contributed by atoms with Gasteiger partial charge in [0, 0.05) is 22.4 Å². The third-order valence-electron chi connectivity index (χ3n) is 4.47. The zero-order valence-corrected chi connectivity index (χ0v) is 14.1. The minimum absolute atomic E-state index is 1.06. The van der Waals surface area contributed by atoms with Crippen LogP contribution in [0.3, 0.4) is 0 Å². The molecule has 0 aromatic heterocycles. The molecule has 0 fully saturated rings. The van der Waals surface area contributed by atoms with Crippen molar-refractivity contribution < 1.29 is 0 Å². The maximum atomic E-state index is 4.68. The Morgan fingerprint density at radius 1 is 0.957 bits per heavy atom. The molecule has 1 heterocycles. The Morgan fingerprint density at radius 2 is 1.57 bits per heavy atom. The van der Waals surface area contributed by atoms with Gasteiger partial charge in [0.15, 0.2) is 0 Å². The quantitative estimate of drug-likeness (QED) is 0.624. The molecular weight excluding hydrogens is 298 g/mol. The second kappa shape index (κ2) is 5.78. The van der Waals surface area contributed by atoms with Gasteiger partial charge in [-0.3, -0.25) is 0 Å². The van der Waals surface area contributed by atoms with Crippen molar-refractivity contribution in [3.8, 4) is 0 Å². The van der Waals surface area contributed by atoms with E-state index >= 15 is 0 Å². The number of rotatable bonds is 1. The first-order chi connectivity index (χ1) is 11.3. The molecule has 2 aromatic rings. The zero-order valence-electron chi connectivity index (χ0n) is 13.2. The summed E-state index contributed by atoms with van der Waals surface area (Å²) >= 11 is 4.68. The SMILES string of the molecule is CC(S)=C1c2ccccc2N(C2=CC=CCC2)c2ccccc21. The summed E-state index contributed by atoms with van der Waals surface area (Å²) in [6, 6.07) is 17.3. The number of allylic oxidation sites excluding steroid dienone is 5. The van der Waals surface area contributed by atoms with Gasteiger partial charge in [-0.15, -0.1) is 12.6 Å². The van der Waals surface area contributed by atoms with Crippen molar-refractivity contribution in [3.63, 3.8) is 0 Å². The predicted octanol–water partition coefficient (Wildman–Crippen LogP) is 6.08. The van der Waals surface area contributed by atoms with Crippen LogP contribution in [-0.4, -0.2) is 0 Å². The monoisotopic (exact) mass is 317 g/mol. The molecule has 0 N–H and O–H groups in total. The van der Waals surface area contributed by atoms with Crippen LogP contribution in [0.2, 0.25) is 0 Å². The summed E-state index contributed by atoms with van der Waals surface area (Å²) in [6.45, 7) is 2.07. The molecular formula is C21H19NS. The van der Waals surface area contributed by atoms with Crippen LogP contribution in [0.4, 0.5) is 11.4 Å². The maximum absolute atomic E-state index is 4.68. The van der Waals surface area contributed by atoms with Gasteiger partial charge in [-0.05, 0) is 42.9 Å². The second-order valence-electron chi connectivity index (χ2n) is 5.95. The summed E-state index contributed by atoms with van der Waals surface area (Å²) in [5.41, 5.74) is 7.60. The van der Waals surface area contributed by atoms with Gasteiger partial charge < -0.3 is 4.90 Å². The number of hydrogen-bond acceptors (Lipinski definition) is 2. The van der Waals surface area contributed by atoms with Crippen molar-refractivity contribution in [2.75, 3.05) is 4.90 Å². The minimum Gasteiger partial charge on any atom is -0.313 e. The number of benzene rings is 2. The molecule has 0 saturated heterocycles. The average Bonchev–Trinajstić information content (AvgIpc) is 2.59. The molecule has 0 saturated carbocycles. The number of hydrogen-bond donors (Lipinski definition) is 1. The molecule has 1 aliphatic carbocycles. The van der Waals surface area contributed by atoms with Crippen LogP contribution in [0.5, 0.6) is 0 Å². The number of fused-ring (bicyclic) bond motifs is 2. The van der Waals surface area contributed by atoms with E-state index in [4.69, 9.17) is 0 Å². The van der Waals surface area contributed by atoms with Crippen LogP contribution in [0.25, 0.3) is 5.57 Å². The lowest BCUT2D eigenvalue weighted by atomic mass is 9.89. The van der Waals surface area contributed by atoms with E-state index in [0.29, 0.717) is 0 Å². The average molecular weight is 317 g/mol. The predicted molar refractivity (Wildman–Crippen MR) is 102 cm³/mol. The zero-order chi connectivity index (χ0) is 15.8. The summed E-state index contributed by atoms with van der Waals surface area (Å²) in [6.07, 6.45) is 8.80. The largest absolute Gasteiger partial charge is 0.313 e. The summed E-state index contributed by atoms with van der Waals surface area (Å²) in [5.74, 6) is 0. The van der Waals surface area contributed by atoms with Crippen LogP contribution >= 0.6 is 12.6 Å². The van der Waals surface area contributed by atoms with Crippen molar-refractivity contribution in [2.24, 2.45) is 0 Å². The second-order valence-corrected chi connectivity index (χ2v) is 6.63. The minimum atomic E-state index is 1.06. The van der Waals surface area contributed by atoms with E-state index in [-0.39, 0.29) is 0 Å². The van der Waals surface area contributed by atoms with E-state index in [1.165, 1.54) is 33.8 Å². The molecule has 0 spiro atoms. The molecule has 0 amide bonds. The maximum Gasteiger partial charge on any atom is 0.0537 e. The van der Waals surface area contributed by atoms with Gasteiger partial charge in [-0.1, -0.05) is 48.6 Å². The first kappa shape index (κ1) is 14.4. The van der Waals surface area contributed by atoms with Crippen LogP contribution in [0.1, 0.15) is 30.9 Å². The molecule has 0 radical (unpaired) electrons. The Bertz CT molecular complexity index is 804. The van der Waals surface area contributed by atoms with E-state index < -0.39 is 0 Å². The Balaban J connectivity index is 2.03. The van der Waals surface area contributed by atoms with Gasteiger partial charge in [0.25, 0.3) is 0 Å². The molecule has 23 heavy (non-hydrogen) atoms. The van der Waals surface area contributed by atoms with Gasteiger partial charge in [0.05, 0.1) is 11.4 Å². The molecule has 2 aliphatic rings. The van der Waals surface area contributed by atoms with E-state index in [0.717, 1.165) is 17.7 Å². The normalized spacial score (nSPS) is 15.8. The molecule has 0 unspecified atom stereocenters. The van der Waals surface area contributed by atoms with E-state index in [1.54, 1.807) is 0 Å². The number of nitrogens with zero attached hydrogens (tertiary/aromatic N) is 1. The summed E-state index contributed by atoms with van der Waals surface area (Å²) in [4.78, 5) is 3.47. The number of thiol groups is 1. The lowest BCUT2D eigenvalue weighted by Crippen LogP contribution is -2.23. The standard InChI is InChI=1S/C21H19NS/c1-15(23)21-17-11-5-7-13-19(17)22(16-9-3-2-4-10-16)20-14-8-6-12-18(20)21/h2-3,5-9,11-14,23H,4,10H2,1H3. The molecule has 0 bridgehead atoms. The van der Waals surface area contributed by atoms with Gasteiger partial charge in [0.2, 0.25) is 0 Å². The lowest BCUT2D eigenvalue weighted by Gasteiger charge is -2.37. The first-order valence-corrected chi connectivity index (χ1v) is 8.46. The van der Waals surface area contributed by atoms with Crippen molar-refractivity contribution in [3.05, 3.63) is 88.5 Å². The highest BCUT2D eigenvalue weighted by Crippen LogP contribution is 2.48. The highest BCUT2D eigenvalue weighted by Gasteiger charge is 2.28. The molecule has 114 valence electrons. The first-order valence-electron chi connectivity index (χ1n) is 8.02. The number of para-hydroxylation sites is 2. The summed E-state index contributed by atoms with van der Waals surface area (Å²) in [7, 11) is 0. The van der Waals surface area contributed by atoms with Crippen LogP contribution in [-0.2, 0) is 0 Å². The number of anilines is 2. The highest BCUT2D eigenvalue weighted by atomic mass is 32.1. The molecule has 0 atom stereocenters. The molecule has 4 rings (SSSR count). The van der Waals surface area contributed by atoms with Crippen LogP contribution < -0.4 is 4.90 Å². The van der Waals surface area contributed by atoms with Gasteiger partial charge in [0.1, 0.15) is 0 Å². The fourth-order valence-electron chi connectivity index (χ4n) is 3.51. The fraction of sp³-hybridized carbons (Fsp3) is 0.143. The van der Waals surface area contributed by atoms with Crippen molar-refractivity contribution in [2.45, 2.75) is 19.8 Å². The third kappa shape index (κ3) is 2.34. The Morgan fingerprint density at radius 3 is 2.09 bits per heavy atom. The van der Waals surface area contributed by atoms with Crippen molar-refractivity contribution >= 4 is 29.6 Å². The van der Waals surface area contributed by atoms with Gasteiger partial charge >= 0.3 is 0 Å². The fourth-order valence-corrected chi connectivity index (χ4v) is 3.75. The Labute approximate surface area is 143 Å². The van der Waals surface area contributed by atoms with Crippen molar-refractivity contribution in [1.29, 1.82) is 0 Å². The topological polar surface area (TPSA) is 3.24 Å². The molecule has 1 aliphatic heterocycles.